The Kier molecular flexibility index (Phi) is 8.83. The number of hydrogen-bond acceptors (Lipinski definition) is 6. The highest BCUT2D eigenvalue weighted by molar-refractivity contribution is 5.98. The standard InChI is InChI=1S/C26H34N6O3/c1-5-7-9-18(30-26(34)17-10-11-17)14-22(20(8-6-2)24(27)33)31-25-23(35-4)19(12-13-28-25)21-15-29-32-16(21)3/h8-9,12-15,17H,5-7,10-11H2,1-4H3,(H2,27,33)(H,28,31)(H,29,32)(H,30,34)/b18-9-,20-8-,22-14+. The minimum atomic E-state index is -0.588. The van der Waals surface area contributed by atoms with E-state index in [1.54, 1.807) is 31.7 Å². The average molecular weight is 479 g/mol. The summed E-state index contributed by atoms with van der Waals surface area (Å²) < 4.78 is 5.72. The topological polar surface area (TPSA) is 135 Å². The van der Waals surface area contributed by atoms with Gasteiger partial charge in [0, 0.05) is 34.6 Å². The third kappa shape index (κ3) is 6.59. The fourth-order valence-corrected chi connectivity index (χ4v) is 3.63. The first-order valence-electron chi connectivity index (χ1n) is 11.9. The molecule has 0 radical (unpaired) electrons. The summed E-state index contributed by atoms with van der Waals surface area (Å²) in [4.78, 5) is 29.4. The second-order valence-corrected chi connectivity index (χ2v) is 8.43. The Bertz CT molecular complexity index is 1160. The van der Waals surface area contributed by atoms with Gasteiger partial charge in [-0.1, -0.05) is 32.4 Å². The van der Waals surface area contributed by atoms with E-state index in [1.807, 2.05) is 26.0 Å². The largest absolute Gasteiger partial charge is 0.492 e. The maximum Gasteiger partial charge on any atom is 0.250 e. The van der Waals surface area contributed by atoms with Crippen molar-refractivity contribution in [2.75, 3.05) is 12.4 Å². The number of nitrogens with one attached hydrogen (secondary N) is 3. The van der Waals surface area contributed by atoms with Crippen LogP contribution >= 0.6 is 0 Å². The van der Waals surface area contributed by atoms with Crippen molar-refractivity contribution in [3.63, 3.8) is 0 Å². The number of aryl methyl sites for hydroxylation is 1. The molecular formula is C26H34N6O3. The van der Waals surface area contributed by atoms with Crippen molar-refractivity contribution in [2.24, 2.45) is 11.7 Å². The number of allylic oxidation sites excluding steroid dienone is 3. The molecule has 5 N–H and O–H groups in total. The van der Waals surface area contributed by atoms with Crippen LogP contribution in [0.5, 0.6) is 5.75 Å². The average Bonchev–Trinajstić information content (AvgIpc) is 3.61. The fraction of sp³-hybridized carbons (Fsp3) is 0.385. The van der Waals surface area contributed by atoms with E-state index in [-0.39, 0.29) is 11.8 Å². The molecule has 3 rings (SSSR count). The maximum absolute atomic E-state index is 12.5. The Hall–Kier alpha value is -3.88. The number of primary amides is 1. The van der Waals surface area contributed by atoms with Gasteiger partial charge in [-0.2, -0.15) is 5.10 Å². The summed E-state index contributed by atoms with van der Waals surface area (Å²) in [5, 5.41) is 13.3. The summed E-state index contributed by atoms with van der Waals surface area (Å²) in [6.45, 7) is 5.90. The molecule has 1 saturated carbocycles. The number of amides is 2. The van der Waals surface area contributed by atoms with Crippen LogP contribution in [0.3, 0.4) is 0 Å². The van der Waals surface area contributed by atoms with Gasteiger partial charge in [-0.3, -0.25) is 14.7 Å². The zero-order valence-corrected chi connectivity index (χ0v) is 20.8. The van der Waals surface area contributed by atoms with Crippen LogP contribution in [0.4, 0.5) is 5.82 Å². The molecule has 9 heteroatoms. The highest BCUT2D eigenvalue weighted by Crippen LogP contribution is 2.37. The lowest BCUT2D eigenvalue weighted by Crippen LogP contribution is -2.25. The second kappa shape index (κ2) is 12.0. The minimum absolute atomic E-state index is 0.0174. The molecule has 186 valence electrons. The number of hydrogen-bond donors (Lipinski definition) is 4. The minimum Gasteiger partial charge on any atom is -0.492 e. The second-order valence-electron chi connectivity index (χ2n) is 8.43. The Morgan fingerprint density at radius 3 is 2.60 bits per heavy atom. The maximum atomic E-state index is 12.5. The van der Waals surface area contributed by atoms with Crippen LogP contribution < -0.4 is 21.1 Å². The van der Waals surface area contributed by atoms with Crippen molar-refractivity contribution >= 4 is 17.6 Å². The first-order valence-corrected chi connectivity index (χ1v) is 11.9. The molecule has 0 aromatic carbocycles. The van der Waals surface area contributed by atoms with E-state index in [2.05, 4.69) is 32.7 Å². The number of aromatic nitrogens is 3. The summed E-state index contributed by atoms with van der Waals surface area (Å²) in [6, 6.07) is 1.84. The van der Waals surface area contributed by atoms with Crippen LogP contribution in [0.25, 0.3) is 11.1 Å². The number of anilines is 1. The van der Waals surface area contributed by atoms with E-state index in [0.717, 1.165) is 42.5 Å². The van der Waals surface area contributed by atoms with Crippen molar-refractivity contribution in [1.29, 1.82) is 0 Å². The monoisotopic (exact) mass is 478 g/mol. The van der Waals surface area contributed by atoms with Gasteiger partial charge in [-0.05, 0) is 44.7 Å². The summed E-state index contributed by atoms with van der Waals surface area (Å²) in [7, 11) is 1.56. The molecule has 2 heterocycles. The van der Waals surface area contributed by atoms with Crippen LogP contribution in [0, 0.1) is 12.8 Å². The molecule has 0 unspecified atom stereocenters. The summed E-state index contributed by atoms with van der Waals surface area (Å²) >= 11 is 0. The lowest BCUT2D eigenvalue weighted by molar-refractivity contribution is -0.121. The van der Waals surface area contributed by atoms with Crippen molar-refractivity contribution < 1.29 is 14.3 Å². The highest BCUT2D eigenvalue weighted by Gasteiger charge is 2.30. The lowest BCUT2D eigenvalue weighted by Gasteiger charge is -2.18. The van der Waals surface area contributed by atoms with Gasteiger partial charge in [0.2, 0.25) is 11.8 Å². The van der Waals surface area contributed by atoms with E-state index in [9.17, 15) is 9.59 Å². The van der Waals surface area contributed by atoms with Crippen LogP contribution in [0.2, 0.25) is 0 Å². The summed E-state index contributed by atoms with van der Waals surface area (Å²) in [5.74, 6) is 0.335. The first-order chi connectivity index (χ1) is 16.9. The van der Waals surface area contributed by atoms with Crippen LogP contribution in [0.15, 0.2) is 53.7 Å². The number of aromatic amines is 1. The quantitative estimate of drug-likeness (QED) is 0.268. The number of nitrogens with zero attached hydrogens (tertiary/aromatic N) is 2. The number of unbranched alkanes of at least 4 members (excludes halogenated alkanes) is 1. The molecule has 1 aliphatic carbocycles. The molecule has 2 aromatic rings. The zero-order valence-electron chi connectivity index (χ0n) is 20.8. The molecular weight excluding hydrogens is 444 g/mol. The number of H-pyrrole nitrogens is 1. The molecule has 0 saturated heterocycles. The molecule has 0 spiro atoms. The number of pyridine rings is 1. The van der Waals surface area contributed by atoms with E-state index < -0.39 is 5.91 Å². The van der Waals surface area contributed by atoms with Gasteiger partial charge >= 0.3 is 0 Å². The van der Waals surface area contributed by atoms with E-state index in [4.69, 9.17) is 10.5 Å². The van der Waals surface area contributed by atoms with Gasteiger partial charge < -0.3 is 21.1 Å². The van der Waals surface area contributed by atoms with E-state index in [0.29, 0.717) is 35.0 Å². The molecule has 0 bridgehead atoms. The third-order valence-corrected chi connectivity index (χ3v) is 5.61. The Balaban J connectivity index is 2.08. The molecule has 2 amide bonds. The number of ether oxygens (including phenoxy) is 1. The predicted octanol–water partition coefficient (Wildman–Crippen LogP) is 4.12. The van der Waals surface area contributed by atoms with Crippen LogP contribution in [0.1, 0.15) is 51.6 Å². The lowest BCUT2D eigenvalue weighted by atomic mass is 10.1. The summed E-state index contributed by atoms with van der Waals surface area (Å²) in [5.41, 5.74) is 9.62. The van der Waals surface area contributed by atoms with Crippen molar-refractivity contribution in [3.8, 4) is 16.9 Å². The number of carbonyl (C=O) groups excluding carboxylic acids is 2. The Morgan fingerprint density at radius 2 is 2.03 bits per heavy atom. The van der Waals surface area contributed by atoms with Gasteiger partial charge in [-0.15, -0.1) is 0 Å². The van der Waals surface area contributed by atoms with Gasteiger partial charge in [0.1, 0.15) is 0 Å². The number of carbonyl (C=O) groups is 2. The number of rotatable bonds is 12. The van der Waals surface area contributed by atoms with E-state index in [1.165, 1.54) is 0 Å². The predicted molar refractivity (Wildman–Crippen MR) is 136 cm³/mol. The Labute approximate surface area is 205 Å². The fourth-order valence-electron chi connectivity index (χ4n) is 3.63. The molecule has 2 aromatic heterocycles. The molecule has 1 fully saturated rings. The molecule has 0 atom stereocenters. The van der Waals surface area contributed by atoms with E-state index >= 15 is 0 Å². The third-order valence-electron chi connectivity index (χ3n) is 5.61. The smallest absolute Gasteiger partial charge is 0.250 e. The van der Waals surface area contributed by atoms with Crippen molar-refractivity contribution in [3.05, 3.63) is 59.3 Å². The van der Waals surface area contributed by atoms with Crippen LogP contribution in [-0.4, -0.2) is 34.1 Å². The first kappa shape index (κ1) is 25.7. The van der Waals surface area contributed by atoms with Crippen LogP contribution in [-0.2, 0) is 9.59 Å². The van der Waals surface area contributed by atoms with Gasteiger partial charge in [0.15, 0.2) is 11.6 Å². The number of methoxy groups -OCH3 is 1. The van der Waals surface area contributed by atoms with Crippen molar-refractivity contribution in [1.82, 2.24) is 20.5 Å². The molecule has 1 aliphatic rings. The highest BCUT2D eigenvalue weighted by atomic mass is 16.5. The molecule has 9 nitrogen and oxygen atoms in total. The summed E-state index contributed by atoms with van der Waals surface area (Å²) in [6.07, 6.45) is 12.9. The van der Waals surface area contributed by atoms with Crippen molar-refractivity contribution in [2.45, 2.75) is 52.9 Å². The molecule has 35 heavy (non-hydrogen) atoms. The molecule has 0 aliphatic heterocycles. The SMILES string of the molecule is CC/C=C(C(N)=O)/C(=C\C(=C\CCC)NC(=O)C1CC1)Nc1nccc(-c2cn[nH]c2C)c1OC. The van der Waals surface area contributed by atoms with Gasteiger partial charge in [-0.25, -0.2) is 4.98 Å². The zero-order chi connectivity index (χ0) is 25.4. The Morgan fingerprint density at radius 1 is 1.26 bits per heavy atom. The number of nitrogens with two attached hydrogens (primary N) is 1. The normalized spacial score (nSPS) is 14.6. The van der Waals surface area contributed by atoms with Gasteiger partial charge in [0.05, 0.1) is 24.6 Å². The van der Waals surface area contributed by atoms with Gasteiger partial charge in [0.25, 0.3) is 0 Å².